The van der Waals surface area contributed by atoms with Crippen molar-refractivity contribution in [2.45, 2.75) is 44.9 Å². The summed E-state index contributed by atoms with van der Waals surface area (Å²) in [6.07, 6.45) is -1.91. The number of nitrogens with two attached hydrogens (primary N) is 1. The van der Waals surface area contributed by atoms with Crippen molar-refractivity contribution < 1.29 is 18.0 Å². The van der Waals surface area contributed by atoms with Crippen molar-refractivity contribution in [3.63, 3.8) is 0 Å². The van der Waals surface area contributed by atoms with Gasteiger partial charge in [0.1, 0.15) is 0 Å². The Hall–Kier alpha value is -1.28. The van der Waals surface area contributed by atoms with Gasteiger partial charge >= 0.3 is 6.18 Å². The molecule has 23 heavy (non-hydrogen) atoms. The molecular formula is C14H22ClF3N4O. The maximum absolute atomic E-state index is 12.6. The van der Waals surface area contributed by atoms with Gasteiger partial charge in [0.05, 0.1) is 12.1 Å². The second-order valence-corrected chi connectivity index (χ2v) is 6.01. The third-order valence-corrected chi connectivity index (χ3v) is 4.05. The molecule has 0 saturated carbocycles. The Morgan fingerprint density at radius 2 is 1.91 bits per heavy atom. The lowest BCUT2D eigenvalue weighted by atomic mass is 10.0. The minimum Gasteiger partial charge on any atom is -0.341 e. The number of amides is 1. The SMILES string of the molecule is CC(C)[C@H](N)C(=O)N1CCC(n2ccc(C(F)(F)F)n2)CC1.Cl. The van der Waals surface area contributed by atoms with Crippen LogP contribution in [0.25, 0.3) is 0 Å². The molecule has 2 N–H and O–H groups in total. The van der Waals surface area contributed by atoms with Crippen LogP contribution in [0.15, 0.2) is 12.3 Å². The molecule has 0 aromatic carbocycles. The highest BCUT2D eigenvalue weighted by Crippen LogP contribution is 2.29. The van der Waals surface area contributed by atoms with E-state index in [4.69, 9.17) is 5.73 Å². The van der Waals surface area contributed by atoms with Crippen molar-refractivity contribution in [1.29, 1.82) is 0 Å². The molecule has 1 aliphatic rings. The highest BCUT2D eigenvalue weighted by molar-refractivity contribution is 5.85. The number of hydrogen-bond donors (Lipinski definition) is 1. The third kappa shape index (κ3) is 4.60. The number of piperidine rings is 1. The zero-order chi connectivity index (χ0) is 16.5. The molecule has 1 amide bonds. The van der Waals surface area contributed by atoms with Gasteiger partial charge in [-0.15, -0.1) is 12.4 Å². The monoisotopic (exact) mass is 354 g/mol. The number of aromatic nitrogens is 2. The number of alkyl halides is 3. The van der Waals surface area contributed by atoms with E-state index >= 15 is 0 Å². The first-order valence-electron chi connectivity index (χ1n) is 7.37. The lowest BCUT2D eigenvalue weighted by Crippen LogP contribution is -2.49. The van der Waals surface area contributed by atoms with E-state index in [0.717, 1.165) is 6.07 Å². The van der Waals surface area contributed by atoms with Gasteiger partial charge in [0.2, 0.25) is 5.91 Å². The zero-order valence-electron chi connectivity index (χ0n) is 13.1. The summed E-state index contributed by atoms with van der Waals surface area (Å²) in [5, 5.41) is 3.60. The minimum absolute atomic E-state index is 0. The van der Waals surface area contributed by atoms with E-state index in [2.05, 4.69) is 5.10 Å². The Morgan fingerprint density at radius 1 is 1.35 bits per heavy atom. The number of hydrogen-bond acceptors (Lipinski definition) is 3. The zero-order valence-corrected chi connectivity index (χ0v) is 13.9. The first-order valence-corrected chi connectivity index (χ1v) is 7.37. The van der Waals surface area contributed by atoms with Crippen LogP contribution in [0.2, 0.25) is 0 Å². The molecule has 0 bridgehead atoms. The highest BCUT2D eigenvalue weighted by Gasteiger charge is 2.35. The topological polar surface area (TPSA) is 64.2 Å². The predicted molar refractivity (Wildman–Crippen MR) is 82.1 cm³/mol. The van der Waals surface area contributed by atoms with Gasteiger partial charge in [0, 0.05) is 19.3 Å². The van der Waals surface area contributed by atoms with Gasteiger partial charge in [-0.1, -0.05) is 13.8 Å². The van der Waals surface area contributed by atoms with E-state index in [1.165, 1.54) is 10.9 Å². The second kappa shape index (κ2) is 7.53. The number of rotatable bonds is 3. The van der Waals surface area contributed by atoms with Crippen molar-refractivity contribution in [2.75, 3.05) is 13.1 Å². The lowest BCUT2D eigenvalue weighted by molar-refractivity contribution is -0.141. The fourth-order valence-electron chi connectivity index (χ4n) is 2.54. The summed E-state index contributed by atoms with van der Waals surface area (Å²) in [5.41, 5.74) is 4.97. The van der Waals surface area contributed by atoms with Crippen LogP contribution >= 0.6 is 12.4 Å². The Labute approximate surface area is 139 Å². The molecule has 1 aromatic rings. The van der Waals surface area contributed by atoms with Crippen molar-refractivity contribution in [2.24, 2.45) is 11.7 Å². The molecule has 132 valence electrons. The van der Waals surface area contributed by atoms with Crippen LogP contribution in [0.3, 0.4) is 0 Å². The van der Waals surface area contributed by atoms with Crippen LogP contribution in [0.5, 0.6) is 0 Å². The molecule has 2 heterocycles. The highest BCUT2D eigenvalue weighted by atomic mass is 35.5. The average molecular weight is 355 g/mol. The molecule has 5 nitrogen and oxygen atoms in total. The molecule has 0 radical (unpaired) electrons. The molecule has 0 aliphatic carbocycles. The molecule has 1 saturated heterocycles. The quantitative estimate of drug-likeness (QED) is 0.907. The average Bonchev–Trinajstić information content (AvgIpc) is 2.95. The van der Waals surface area contributed by atoms with E-state index < -0.39 is 17.9 Å². The first kappa shape index (κ1) is 19.8. The predicted octanol–water partition coefficient (Wildman–Crippen LogP) is 2.47. The summed E-state index contributed by atoms with van der Waals surface area (Å²) >= 11 is 0. The summed E-state index contributed by atoms with van der Waals surface area (Å²) < 4.78 is 39.0. The van der Waals surface area contributed by atoms with Gasteiger partial charge in [0.15, 0.2) is 5.69 Å². The second-order valence-electron chi connectivity index (χ2n) is 6.01. The fraction of sp³-hybridized carbons (Fsp3) is 0.714. The Bertz CT molecular complexity index is 524. The number of carbonyl (C=O) groups is 1. The summed E-state index contributed by atoms with van der Waals surface area (Å²) in [6, 6.07) is 0.333. The fourth-order valence-corrected chi connectivity index (χ4v) is 2.54. The summed E-state index contributed by atoms with van der Waals surface area (Å²) in [6.45, 7) is 4.76. The van der Waals surface area contributed by atoms with Crippen LogP contribution in [0.4, 0.5) is 13.2 Å². The van der Waals surface area contributed by atoms with Gasteiger partial charge in [0.25, 0.3) is 0 Å². The summed E-state index contributed by atoms with van der Waals surface area (Å²) in [4.78, 5) is 13.8. The van der Waals surface area contributed by atoms with Crippen LogP contribution in [0.1, 0.15) is 38.4 Å². The van der Waals surface area contributed by atoms with Crippen LogP contribution in [-0.2, 0) is 11.0 Å². The molecule has 1 fully saturated rings. The molecule has 1 aromatic heterocycles. The van der Waals surface area contributed by atoms with Gasteiger partial charge in [-0.2, -0.15) is 18.3 Å². The van der Waals surface area contributed by atoms with Gasteiger partial charge in [-0.3, -0.25) is 9.48 Å². The van der Waals surface area contributed by atoms with Crippen molar-refractivity contribution in [1.82, 2.24) is 14.7 Å². The molecule has 0 spiro atoms. The van der Waals surface area contributed by atoms with Gasteiger partial charge in [-0.25, -0.2) is 0 Å². The van der Waals surface area contributed by atoms with E-state index in [1.807, 2.05) is 13.8 Å². The molecule has 1 atom stereocenters. The number of likely N-dealkylation sites (tertiary alicyclic amines) is 1. The van der Waals surface area contributed by atoms with Crippen LogP contribution in [-0.4, -0.2) is 39.7 Å². The number of carbonyl (C=O) groups excluding carboxylic acids is 1. The van der Waals surface area contributed by atoms with Crippen molar-refractivity contribution >= 4 is 18.3 Å². The summed E-state index contributed by atoms with van der Waals surface area (Å²) in [7, 11) is 0. The molecule has 9 heteroatoms. The molecule has 1 aliphatic heterocycles. The van der Waals surface area contributed by atoms with Gasteiger partial charge < -0.3 is 10.6 Å². The van der Waals surface area contributed by atoms with E-state index in [0.29, 0.717) is 25.9 Å². The largest absolute Gasteiger partial charge is 0.435 e. The van der Waals surface area contributed by atoms with Crippen molar-refractivity contribution in [3.05, 3.63) is 18.0 Å². The minimum atomic E-state index is -4.42. The first-order chi connectivity index (χ1) is 10.2. The van der Waals surface area contributed by atoms with Crippen LogP contribution < -0.4 is 5.73 Å². The maximum atomic E-state index is 12.6. The molecular weight excluding hydrogens is 333 g/mol. The Morgan fingerprint density at radius 3 is 2.35 bits per heavy atom. The number of halogens is 4. The molecule has 2 rings (SSSR count). The summed E-state index contributed by atoms with van der Waals surface area (Å²) in [5.74, 6) is -0.0319. The van der Waals surface area contributed by atoms with Gasteiger partial charge in [-0.05, 0) is 24.8 Å². The normalized spacial score (nSPS) is 18.0. The van der Waals surface area contributed by atoms with Crippen LogP contribution in [0, 0.1) is 5.92 Å². The smallest absolute Gasteiger partial charge is 0.341 e. The Kier molecular flexibility index (Phi) is 6.47. The van der Waals surface area contributed by atoms with E-state index in [-0.39, 0.29) is 30.3 Å². The van der Waals surface area contributed by atoms with E-state index in [1.54, 1.807) is 4.90 Å². The standard InChI is InChI=1S/C14H21F3N4O.ClH/c1-9(2)12(18)13(22)20-6-3-10(4-7-20)21-8-5-11(19-21)14(15,16)17;/h5,8-10,12H,3-4,6-7,18H2,1-2H3;1H/t12-;/m0./s1. The molecule has 0 unspecified atom stereocenters. The Balaban J connectivity index is 0.00000264. The lowest BCUT2D eigenvalue weighted by Gasteiger charge is -2.34. The number of nitrogens with zero attached hydrogens (tertiary/aromatic N) is 3. The third-order valence-electron chi connectivity index (χ3n) is 4.05. The van der Waals surface area contributed by atoms with Crippen molar-refractivity contribution in [3.8, 4) is 0 Å². The van der Waals surface area contributed by atoms with E-state index in [9.17, 15) is 18.0 Å². The maximum Gasteiger partial charge on any atom is 0.435 e.